The van der Waals surface area contributed by atoms with Gasteiger partial charge in [-0.25, -0.2) is 9.78 Å². The van der Waals surface area contributed by atoms with Gasteiger partial charge in [-0.15, -0.1) is 0 Å². The lowest BCUT2D eigenvalue weighted by Gasteiger charge is -2.25. The summed E-state index contributed by atoms with van der Waals surface area (Å²) in [5.41, 5.74) is 5.21. The standard InChI is InChI=1S/C25H22N2O2/c1-17-10-9-15-20-21(17)22(25(28)29)24(23(26-20)19-13-7-4-8-14-19)27(2)16-18-11-5-3-6-12-18/h3-15H,16H2,1-2H3,(H,28,29). The van der Waals surface area contributed by atoms with Crippen LogP contribution in [-0.2, 0) is 6.54 Å². The Hall–Kier alpha value is -3.66. The van der Waals surface area contributed by atoms with Gasteiger partial charge in [0.15, 0.2) is 0 Å². The molecule has 4 rings (SSSR count). The van der Waals surface area contributed by atoms with Gasteiger partial charge in [0.05, 0.1) is 22.5 Å². The van der Waals surface area contributed by atoms with Crippen molar-refractivity contribution in [3.63, 3.8) is 0 Å². The highest BCUT2D eigenvalue weighted by Gasteiger charge is 2.25. The van der Waals surface area contributed by atoms with Crippen molar-refractivity contribution in [3.05, 3.63) is 95.6 Å². The van der Waals surface area contributed by atoms with Crippen molar-refractivity contribution < 1.29 is 9.90 Å². The molecule has 0 radical (unpaired) electrons. The fourth-order valence-electron chi connectivity index (χ4n) is 3.79. The van der Waals surface area contributed by atoms with Crippen LogP contribution >= 0.6 is 0 Å². The van der Waals surface area contributed by atoms with Crippen molar-refractivity contribution in [1.29, 1.82) is 0 Å². The summed E-state index contributed by atoms with van der Waals surface area (Å²) in [7, 11) is 1.92. The zero-order valence-electron chi connectivity index (χ0n) is 16.5. The summed E-state index contributed by atoms with van der Waals surface area (Å²) in [5.74, 6) is -0.946. The average molecular weight is 382 g/mol. The van der Waals surface area contributed by atoms with Crippen LogP contribution < -0.4 is 4.90 Å². The van der Waals surface area contributed by atoms with Gasteiger partial charge in [0.25, 0.3) is 0 Å². The van der Waals surface area contributed by atoms with Crippen molar-refractivity contribution >= 4 is 22.6 Å². The van der Waals surface area contributed by atoms with E-state index in [2.05, 4.69) is 0 Å². The minimum atomic E-state index is -0.946. The normalized spacial score (nSPS) is 10.8. The molecule has 0 aliphatic heterocycles. The van der Waals surface area contributed by atoms with E-state index in [1.807, 2.05) is 97.7 Å². The van der Waals surface area contributed by atoms with Gasteiger partial charge in [0.1, 0.15) is 0 Å². The summed E-state index contributed by atoms with van der Waals surface area (Å²) in [6.07, 6.45) is 0. The number of aromatic nitrogens is 1. The van der Waals surface area contributed by atoms with E-state index in [1.54, 1.807) is 0 Å². The molecule has 0 fully saturated rings. The maximum absolute atomic E-state index is 12.5. The third-order valence-corrected chi connectivity index (χ3v) is 5.10. The fourth-order valence-corrected chi connectivity index (χ4v) is 3.79. The lowest BCUT2D eigenvalue weighted by atomic mass is 9.97. The largest absolute Gasteiger partial charge is 0.478 e. The van der Waals surface area contributed by atoms with Gasteiger partial charge >= 0.3 is 5.97 Å². The number of fused-ring (bicyclic) bond motifs is 1. The van der Waals surface area contributed by atoms with Crippen LogP contribution in [0.15, 0.2) is 78.9 Å². The Morgan fingerprint density at radius 1 is 0.931 bits per heavy atom. The highest BCUT2D eigenvalue weighted by atomic mass is 16.4. The Morgan fingerprint density at radius 3 is 2.24 bits per heavy atom. The van der Waals surface area contributed by atoms with Crippen molar-refractivity contribution in [2.75, 3.05) is 11.9 Å². The molecule has 144 valence electrons. The molecule has 4 aromatic rings. The number of anilines is 1. The van der Waals surface area contributed by atoms with E-state index in [0.717, 1.165) is 16.7 Å². The molecule has 4 heteroatoms. The van der Waals surface area contributed by atoms with Crippen molar-refractivity contribution in [1.82, 2.24) is 4.98 Å². The molecule has 0 amide bonds. The first-order valence-electron chi connectivity index (χ1n) is 9.53. The van der Waals surface area contributed by atoms with Crippen molar-refractivity contribution in [2.45, 2.75) is 13.5 Å². The molecular formula is C25H22N2O2. The number of aryl methyl sites for hydroxylation is 1. The highest BCUT2D eigenvalue weighted by Crippen LogP contribution is 2.38. The lowest BCUT2D eigenvalue weighted by Crippen LogP contribution is -2.21. The second kappa shape index (κ2) is 7.76. The first kappa shape index (κ1) is 18.7. The number of carboxylic acids is 1. The Bertz CT molecular complexity index is 1170. The molecule has 4 nitrogen and oxygen atoms in total. The van der Waals surface area contributed by atoms with Crippen LogP contribution in [0, 0.1) is 6.92 Å². The van der Waals surface area contributed by atoms with E-state index in [-0.39, 0.29) is 0 Å². The average Bonchev–Trinajstić information content (AvgIpc) is 2.74. The fraction of sp³-hybridized carbons (Fsp3) is 0.120. The number of hydrogen-bond donors (Lipinski definition) is 1. The molecule has 1 aromatic heterocycles. The maximum Gasteiger partial charge on any atom is 0.338 e. The van der Waals surface area contributed by atoms with Crippen LogP contribution in [-0.4, -0.2) is 23.1 Å². The zero-order valence-corrected chi connectivity index (χ0v) is 16.5. The number of hydrogen-bond acceptors (Lipinski definition) is 3. The number of rotatable bonds is 5. The Morgan fingerprint density at radius 2 is 1.59 bits per heavy atom. The molecule has 0 aliphatic carbocycles. The van der Waals surface area contributed by atoms with E-state index < -0.39 is 5.97 Å². The van der Waals surface area contributed by atoms with Crippen LogP contribution in [0.1, 0.15) is 21.5 Å². The van der Waals surface area contributed by atoms with Gasteiger partial charge in [-0.1, -0.05) is 72.8 Å². The van der Waals surface area contributed by atoms with Crippen LogP contribution in [0.4, 0.5) is 5.69 Å². The Labute approximate surface area is 170 Å². The summed E-state index contributed by atoms with van der Waals surface area (Å²) in [6, 6.07) is 25.5. The van der Waals surface area contributed by atoms with Gasteiger partial charge in [-0.2, -0.15) is 0 Å². The van der Waals surface area contributed by atoms with Crippen molar-refractivity contribution in [2.24, 2.45) is 0 Å². The van der Waals surface area contributed by atoms with E-state index in [1.165, 1.54) is 0 Å². The third-order valence-electron chi connectivity index (χ3n) is 5.10. The number of carbonyl (C=O) groups is 1. The highest BCUT2D eigenvalue weighted by molar-refractivity contribution is 6.11. The second-order valence-electron chi connectivity index (χ2n) is 7.17. The monoisotopic (exact) mass is 382 g/mol. The smallest absolute Gasteiger partial charge is 0.338 e. The molecule has 0 aliphatic rings. The number of carboxylic acid groups (broad SMARTS) is 1. The Kier molecular flexibility index (Phi) is 5.00. The first-order chi connectivity index (χ1) is 14.1. The number of aromatic carboxylic acids is 1. The number of benzene rings is 3. The third kappa shape index (κ3) is 3.57. The summed E-state index contributed by atoms with van der Waals surface area (Å²) >= 11 is 0. The summed E-state index contributed by atoms with van der Waals surface area (Å²) in [5, 5.41) is 10.9. The topological polar surface area (TPSA) is 53.4 Å². The predicted molar refractivity (Wildman–Crippen MR) is 117 cm³/mol. The molecule has 1 heterocycles. The van der Waals surface area contributed by atoms with Gasteiger partial charge in [-0.05, 0) is 24.1 Å². The lowest BCUT2D eigenvalue weighted by molar-refractivity contribution is 0.0699. The van der Waals surface area contributed by atoms with Crippen molar-refractivity contribution in [3.8, 4) is 11.3 Å². The predicted octanol–water partition coefficient (Wildman–Crippen LogP) is 5.54. The number of pyridine rings is 1. The van der Waals surface area contributed by atoms with Gasteiger partial charge in [0, 0.05) is 24.5 Å². The summed E-state index contributed by atoms with van der Waals surface area (Å²) in [4.78, 5) is 19.4. The molecule has 0 bridgehead atoms. The van der Waals surface area contributed by atoms with Crippen LogP contribution in [0.25, 0.3) is 22.2 Å². The molecule has 0 spiro atoms. The molecule has 0 saturated carbocycles. The molecular weight excluding hydrogens is 360 g/mol. The van der Waals surface area contributed by atoms with E-state index in [0.29, 0.717) is 34.4 Å². The van der Waals surface area contributed by atoms with E-state index in [9.17, 15) is 9.90 Å². The van der Waals surface area contributed by atoms with Crippen LogP contribution in [0.3, 0.4) is 0 Å². The second-order valence-corrected chi connectivity index (χ2v) is 7.17. The van der Waals surface area contributed by atoms with E-state index >= 15 is 0 Å². The molecule has 0 atom stereocenters. The first-order valence-corrected chi connectivity index (χ1v) is 9.53. The van der Waals surface area contributed by atoms with Crippen LogP contribution in [0.2, 0.25) is 0 Å². The Balaban J connectivity index is 2.02. The van der Waals surface area contributed by atoms with Gasteiger partial charge in [-0.3, -0.25) is 0 Å². The quantitative estimate of drug-likeness (QED) is 0.492. The molecule has 1 N–H and O–H groups in total. The van der Waals surface area contributed by atoms with E-state index in [4.69, 9.17) is 4.98 Å². The zero-order chi connectivity index (χ0) is 20.4. The van der Waals surface area contributed by atoms with Gasteiger partial charge < -0.3 is 10.0 Å². The summed E-state index contributed by atoms with van der Waals surface area (Å²) in [6.45, 7) is 2.51. The SMILES string of the molecule is Cc1cccc2nc(-c3ccccc3)c(N(C)Cc3ccccc3)c(C(=O)O)c12. The minimum absolute atomic E-state index is 0.297. The number of nitrogens with zero attached hydrogens (tertiary/aromatic N) is 2. The minimum Gasteiger partial charge on any atom is -0.478 e. The molecule has 29 heavy (non-hydrogen) atoms. The molecule has 3 aromatic carbocycles. The molecule has 0 saturated heterocycles. The van der Waals surface area contributed by atoms with Gasteiger partial charge in [0.2, 0.25) is 0 Å². The van der Waals surface area contributed by atoms with Crippen LogP contribution in [0.5, 0.6) is 0 Å². The summed E-state index contributed by atoms with van der Waals surface area (Å²) < 4.78 is 0. The maximum atomic E-state index is 12.5. The molecule has 0 unspecified atom stereocenters.